The molecule has 130 valence electrons. The molecule has 7 nitrogen and oxygen atoms in total. The van der Waals surface area contributed by atoms with E-state index in [2.05, 4.69) is 20.8 Å². The van der Waals surface area contributed by atoms with Gasteiger partial charge in [-0.05, 0) is 30.4 Å². The van der Waals surface area contributed by atoms with Crippen LogP contribution in [0.25, 0.3) is 11.4 Å². The maximum atomic E-state index is 11.9. The van der Waals surface area contributed by atoms with E-state index >= 15 is 0 Å². The van der Waals surface area contributed by atoms with Crippen LogP contribution in [-0.2, 0) is 0 Å². The minimum absolute atomic E-state index is 0.116. The van der Waals surface area contributed by atoms with Gasteiger partial charge in [0.05, 0.1) is 0 Å². The molecule has 0 radical (unpaired) electrons. The van der Waals surface area contributed by atoms with Crippen molar-refractivity contribution in [1.82, 2.24) is 15.5 Å². The SMILES string of the molecule is Cc1nc(-c2cccc(NC(=O)NCCCC(C)(C)CO)c2)no1. The first-order valence-electron chi connectivity index (χ1n) is 7.96. The second-order valence-electron chi connectivity index (χ2n) is 6.52. The number of urea groups is 1. The highest BCUT2D eigenvalue weighted by atomic mass is 16.5. The zero-order valence-corrected chi connectivity index (χ0v) is 14.3. The Bertz CT molecular complexity index is 682. The van der Waals surface area contributed by atoms with Gasteiger partial charge in [-0.1, -0.05) is 31.1 Å². The molecule has 0 bridgehead atoms. The number of nitrogens with one attached hydrogen (secondary N) is 2. The molecular formula is C17H24N4O3. The normalized spacial score (nSPS) is 11.3. The first kappa shape index (κ1) is 17.9. The van der Waals surface area contributed by atoms with E-state index in [9.17, 15) is 9.90 Å². The van der Waals surface area contributed by atoms with Gasteiger partial charge in [-0.3, -0.25) is 0 Å². The molecule has 24 heavy (non-hydrogen) atoms. The maximum Gasteiger partial charge on any atom is 0.319 e. The van der Waals surface area contributed by atoms with Gasteiger partial charge in [0.25, 0.3) is 0 Å². The summed E-state index contributed by atoms with van der Waals surface area (Å²) in [6.45, 7) is 6.42. The first-order chi connectivity index (χ1) is 11.4. The van der Waals surface area contributed by atoms with E-state index in [0.29, 0.717) is 23.9 Å². The average molecular weight is 332 g/mol. The van der Waals surface area contributed by atoms with Gasteiger partial charge >= 0.3 is 6.03 Å². The Morgan fingerprint density at radius 3 is 2.83 bits per heavy atom. The Balaban J connectivity index is 1.84. The lowest BCUT2D eigenvalue weighted by molar-refractivity contribution is 0.148. The van der Waals surface area contributed by atoms with E-state index in [1.807, 2.05) is 26.0 Å². The predicted molar refractivity (Wildman–Crippen MR) is 91.6 cm³/mol. The second kappa shape index (κ2) is 7.92. The third-order valence-corrected chi connectivity index (χ3v) is 3.65. The van der Waals surface area contributed by atoms with Gasteiger partial charge in [-0.25, -0.2) is 4.79 Å². The van der Waals surface area contributed by atoms with Crippen LogP contribution in [0.15, 0.2) is 28.8 Å². The smallest absolute Gasteiger partial charge is 0.319 e. The van der Waals surface area contributed by atoms with Crippen molar-refractivity contribution in [2.45, 2.75) is 33.6 Å². The van der Waals surface area contributed by atoms with Crippen LogP contribution in [0.1, 0.15) is 32.6 Å². The summed E-state index contributed by atoms with van der Waals surface area (Å²) >= 11 is 0. The van der Waals surface area contributed by atoms with Crippen LogP contribution in [0.5, 0.6) is 0 Å². The molecule has 1 aromatic carbocycles. The molecule has 2 rings (SSSR count). The number of hydrogen-bond donors (Lipinski definition) is 3. The molecule has 0 saturated heterocycles. The summed E-state index contributed by atoms with van der Waals surface area (Å²) in [4.78, 5) is 16.1. The molecule has 7 heteroatoms. The van der Waals surface area contributed by atoms with E-state index in [0.717, 1.165) is 18.4 Å². The lowest BCUT2D eigenvalue weighted by atomic mass is 9.89. The Morgan fingerprint density at radius 2 is 2.17 bits per heavy atom. The molecule has 3 N–H and O–H groups in total. The minimum atomic E-state index is -0.266. The number of carbonyl (C=O) groups excluding carboxylic acids is 1. The van der Waals surface area contributed by atoms with Gasteiger partial charge in [0, 0.05) is 31.3 Å². The summed E-state index contributed by atoms with van der Waals surface area (Å²) in [7, 11) is 0. The summed E-state index contributed by atoms with van der Waals surface area (Å²) in [5.41, 5.74) is 1.31. The number of rotatable bonds is 7. The van der Waals surface area contributed by atoms with Crippen LogP contribution in [0.4, 0.5) is 10.5 Å². The molecule has 0 unspecified atom stereocenters. The number of nitrogens with zero attached hydrogens (tertiary/aromatic N) is 2. The third kappa shape index (κ3) is 5.34. The third-order valence-electron chi connectivity index (χ3n) is 3.65. The number of anilines is 1. The van der Waals surface area contributed by atoms with Crippen molar-refractivity contribution in [2.75, 3.05) is 18.5 Å². The predicted octanol–water partition coefficient (Wildman–Crippen LogP) is 2.97. The molecule has 0 aliphatic carbocycles. The quantitative estimate of drug-likeness (QED) is 0.677. The Morgan fingerprint density at radius 1 is 1.38 bits per heavy atom. The molecule has 2 aromatic rings. The van der Waals surface area contributed by atoms with Crippen LogP contribution in [0.2, 0.25) is 0 Å². The zero-order valence-electron chi connectivity index (χ0n) is 14.3. The number of hydrogen-bond acceptors (Lipinski definition) is 5. The van der Waals surface area contributed by atoms with E-state index in [4.69, 9.17) is 4.52 Å². The number of aliphatic hydroxyl groups excluding tert-OH is 1. The standard InChI is InChI=1S/C17H24N4O3/c1-12-19-15(21-24-12)13-6-4-7-14(10-13)20-16(23)18-9-5-8-17(2,3)11-22/h4,6-7,10,22H,5,8-9,11H2,1-3H3,(H2,18,20,23). The molecule has 2 amide bonds. The molecule has 0 spiro atoms. The van der Waals surface area contributed by atoms with Gasteiger partial charge in [-0.2, -0.15) is 4.98 Å². The largest absolute Gasteiger partial charge is 0.396 e. The molecule has 0 saturated carbocycles. The van der Waals surface area contributed by atoms with Crippen molar-refractivity contribution < 1.29 is 14.4 Å². The molecule has 1 heterocycles. The van der Waals surface area contributed by atoms with Crippen molar-refractivity contribution >= 4 is 11.7 Å². The van der Waals surface area contributed by atoms with Gasteiger partial charge < -0.3 is 20.3 Å². The van der Waals surface area contributed by atoms with Crippen LogP contribution in [0, 0.1) is 12.3 Å². The fraction of sp³-hybridized carbons (Fsp3) is 0.471. The summed E-state index contributed by atoms with van der Waals surface area (Å²) in [5.74, 6) is 0.981. The number of amides is 2. The average Bonchev–Trinajstić information content (AvgIpc) is 2.98. The van der Waals surface area contributed by atoms with Gasteiger partial charge in [-0.15, -0.1) is 0 Å². The van der Waals surface area contributed by atoms with Crippen LogP contribution >= 0.6 is 0 Å². The number of aryl methyl sites for hydroxylation is 1. The fourth-order valence-corrected chi connectivity index (χ4v) is 2.18. The van der Waals surface area contributed by atoms with E-state index in [1.54, 1.807) is 19.1 Å². The Hall–Kier alpha value is -2.41. The van der Waals surface area contributed by atoms with Crippen molar-refractivity contribution in [3.8, 4) is 11.4 Å². The maximum absolute atomic E-state index is 11.9. The number of carbonyl (C=O) groups is 1. The summed E-state index contributed by atoms with van der Waals surface area (Å²) in [6, 6.07) is 6.99. The lowest BCUT2D eigenvalue weighted by Gasteiger charge is -2.21. The van der Waals surface area contributed by atoms with E-state index < -0.39 is 0 Å². The van der Waals surface area contributed by atoms with Gasteiger partial charge in [0.1, 0.15) is 0 Å². The molecule has 0 atom stereocenters. The minimum Gasteiger partial charge on any atom is -0.396 e. The lowest BCUT2D eigenvalue weighted by Crippen LogP contribution is -2.30. The molecule has 0 fully saturated rings. The van der Waals surface area contributed by atoms with Crippen LogP contribution in [-0.4, -0.2) is 34.4 Å². The Kier molecular flexibility index (Phi) is 5.92. The first-order valence-corrected chi connectivity index (χ1v) is 7.96. The number of aromatic nitrogens is 2. The Labute approximate surface area is 141 Å². The summed E-state index contributed by atoms with van der Waals surface area (Å²) < 4.78 is 4.96. The van der Waals surface area contributed by atoms with Crippen molar-refractivity contribution in [2.24, 2.45) is 5.41 Å². The highest BCUT2D eigenvalue weighted by Crippen LogP contribution is 2.21. The number of aliphatic hydroxyl groups is 1. The van der Waals surface area contributed by atoms with Crippen molar-refractivity contribution in [3.63, 3.8) is 0 Å². The molecule has 0 aliphatic heterocycles. The van der Waals surface area contributed by atoms with E-state index in [-0.39, 0.29) is 18.1 Å². The molecule has 1 aromatic heterocycles. The summed E-state index contributed by atoms with van der Waals surface area (Å²) in [6.07, 6.45) is 1.65. The van der Waals surface area contributed by atoms with Gasteiger partial charge in [0.2, 0.25) is 11.7 Å². The van der Waals surface area contributed by atoms with Crippen molar-refractivity contribution in [3.05, 3.63) is 30.2 Å². The monoisotopic (exact) mass is 332 g/mol. The van der Waals surface area contributed by atoms with E-state index in [1.165, 1.54) is 0 Å². The van der Waals surface area contributed by atoms with Gasteiger partial charge in [0.15, 0.2) is 0 Å². The van der Waals surface area contributed by atoms with Crippen LogP contribution in [0.3, 0.4) is 0 Å². The second-order valence-corrected chi connectivity index (χ2v) is 6.52. The molecular weight excluding hydrogens is 308 g/mol. The molecule has 0 aliphatic rings. The highest BCUT2D eigenvalue weighted by Gasteiger charge is 2.15. The summed E-state index contributed by atoms with van der Waals surface area (Å²) in [5, 5.41) is 18.7. The topological polar surface area (TPSA) is 100 Å². The fourth-order valence-electron chi connectivity index (χ4n) is 2.18. The zero-order chi connectivity index (χ0) is 17.6. The van der Waals surface area contributed by atoms with Crippen molar-refractivity contribution in [1.29, 1.82) is 0 Å². The number of benzene rings is 1. The van der Waals surface area contributed by atoms with Crippen LogP contribution < -0.4 is 10.6 Å². The highest BCUT2D eigenvalue weighted by molar-refractivity contribution is 5.89.